The van der Waals surface area contributed by atoms with Gasteiger partial charge in [-0.15, -0.1) is 0 Å². The molecule has 2 heteroatoms. The fraction of sp³-hybridized carbons (Fsp3) is 0.647. The van der Waals surface area contributed by atoms with Crippen molar-refractivity contribution in [3.05, 3.63) is 35.4 Å². The van der Waals surface area contributed by atoms with Gasteiger partial charge in [-0.05, 0) is 36.4 Å². The second-order valence-electron chi connectivity index (χ2n) is 5.53. The first-order valence-electron chi connectivity index (χ1n) is 7.65. The van der Waals surface area contributed by atoms with E-state index in [2.05, 4.69) is 50.4 Å². The van der Waals surface area contributed by atoms with Gasteiger partial charge >= 0.3 is 0 Å². The second kappa shape index (κ2) is 9.11. The molecule has 0 spiro atoms. The maximum absolute atomic E-state index is 10.1. The van der Waals surface area contributed by atoms with Gasteiger partial charge in [-0.3, -0.25) is 0 Å². The average molecular weight is 263 g/mol. The van der Waals surface area contributed by atoms with Crippen molar-refractivity contribution in [1.82, 2.24) is 5.32 Å². The molecule has 0 aromatic heterocycles. The SMILES string of the molecule is CCCCc1ccc(C(O)CNCC(C)CC)cc1. The van der Waals surface area contributed by atoms with Crippen molar-refractivity contribution in [3.63, 3.8) is 0 Å². The van der Waals surface area contributed by atoms with Crippen molar-refractivity contribution in [3.8, 4) is 0 Å². The third-order valence-corrected chi connectivity index (χ3v) is 3.71. The number of aliphatic hydroxyl groups is 1. The van der Waals surface area contributed by atoms with Gasteiger partial charge in [0.2, 0.25) is 0 Å². The summed E-state index contributed by atoms with van der Waals surface area (Å²) in [6, 6.07) is 8.40. The summed E-state index contributed by atoms with van der Waals surface area (Å²) >= 11 is 0. The van der Waals surface area contributed by atoms with E-state index < -0.39 is 6.10 Å². The molecule has 1 aromatic carbocycles. The van der Waals surface area contributed by atoms with E-state index in [9.17, 15) is 5.11 Å². The Labute approximate surface area is 118 Å². The van der Waals surface area contributed by atoms with Gasteiger partial charge in [0.05, 0.1) is 6.10 Å². The Morgan fingerprint density at radius 3 is 2.37 bits per heavy atom. The Balaban J connectivity index is 2.37. The number of aryl methyl sites for hydroxylation is 1. The first kappa shape index (κ1) is 16.2. The normalized spacial score (nSPS) is 14.3. The molecule has 2 atom stereocenters. The first-order valence-corrected chi connectivity index (χ1v) is 7.65. The van der Waals surface area contributed by atoms with Crippen LogP contribution in [0.15, 0.2) is 24.3 Å². The third kappa shape index (κ3) is 6.22. The van der Waals surface area contributed by atoms with E-state index >= 15 is 0 Å². The molecule has 0 saturated carbocycles. The lowest BCUT2D eigenvalue weighted by atomic mass is 10.0. The van der Waals surface area contributed by atoms with Crippen LogP contribution in [0.2, 0.25) is 0 Å². The number of hydrogen-bond donors (Lipinski definition) is 2. The molecule has 19 heavy (non-hydrogen) atoms. The molecule has 0 aliphatic carbocycles. The molecular formula is C17H29NO. The zero-order valence-electron chi connectivity index (χ0n) is 12.7. The molecule has 0 heterocycles. The number of nitrogens with one attached hydrogen (secondary N) is 1. The van der Waals surface area contributed by atoms with E-state index in [4.69, 9.17) is 0 Å². The van der Waals surface area contributed by atoms with Gasteiger partial charge in [-0.25, -0.2) is 0 Å². The lowest BCUT2D eigenvalue weighted by Crippen LogP contribution is -2.26. The van der Waals surface area contributed by atoms with Crippen molar-refractivity contribution in [2.24, 2.45) is 5.92 Å². The summed E-state index contributed by atoms with van der Waals surface area (Å²) in [6.45, 7) is 8.24. The van der Waals surface area contributed by atoms with Gasteiger partial charge < -0.3 is 10.4 Å². The number of aliphatic hydroxyl groups excluding tert-OH is 1. The van der Waals surface area contributed by atoms with Gasteiger partial charge in [-0.2, -0.15) is 0 Å². The molecule has 0 amide bonds. The van der Waals surface area contributed by atoms with Crippen LogP contribution in [-0.2, 0) is 6.42 Å². The minimum absolute atomic E-state index is 0.399. The Morgan fingerprint density at radius 2 is 1.79 bits per heavy atom. The van der Waals surface area contributed by atoms with E-state index in [1.165, 1.54) is 24.8 Å². The Kier molecular flexibility index (Phi) is 7.76. The van der Waals surface area contributed by atoms with Crippen LogP contribution in [0, 0.1) is 5.92 Å². The van der Waals surface area contributed by atoms with E-state index in [0.29, 0.717) is 12.5 Å². The van der Waals surface area contributed by atoms with Crippen molar-refractivity contribution >= 4 is 0 Å². The molecule has 0 bridgehead atoms. The van der Waals surface area contributed by atoms with Crippen LogP contribution in [0.1, 0.15) is 57.3 Å². The van der Waals surface area contributed by atoms with Crippen LogP contribution in [0.5, 0.6) is 0 Å². The van der Waals surface area contributed by atoms with Gasteiger partial charge in [-0.1, -0.05) is 57.9 Å². The van der Waals surface area contributed by atoms with Crippen LogP contribution < -0.4 is 5.32 Å². The molecular weight excluding hydrogens is 234 g/mol. The summed E-state index contributed by atoms with van der Waals surface area (Å²) in [6.07, 6.45) is 4.38. The maximum Gasteiger partial charge on any atom is 0.0914 e. The summed E-state index contributed by atoms with van der Waals surface area (Å²) in [4.78, 5) is 0. The van der Waals surface area contributed by atoms with E-state index in [-0.39, 0.29) is 0 Å². The molecule has 0 fully saturated rings. The predicted octanol–water partition coefficient (Wildman–Crippen LogP) is 3.70. The standard InChI is InChI=1S/C17H29NO/c1-4-6-7-15-8-10-16(11-9-15)17(19)13-18-12-14(3)5-2/h8-11,14,17-19H,4-7,12-13H2,1-3H3. The summed E-state index contributed by atoms with van der Waals surface area (Å²) in [5.74, 6) is 0.670. The molecule has 0 saturated heterocycles. The molecule has 2 nitrogen and oxygen atoms in total. The van der Waals surface area contributed by atoms with Crippen LogP contribution in [0.4, 0.5) is 0 Å². The van der Waals surface area contributed by atoms with Crippen molar-refractivity contribution in [2.45, 2.75) is 52.6 Å². The molecule has 2 N–H and O–H groups in total. The van der Waals surface area contributed by atoms with E-state index in [1.54, 1.807) is 0 Å². The highest BCUT2D eigenvalue weighted by Gasteiger charge is 2.07. The van der Waals surface area contributed by atoms with Gasteiger partial charge in [0.25, 0.3) is 0 Å². The van der Waals surface area contributed by atoms with Gasteiger partial charge in [0.1, 0.15) is 0 Å². The molecule has 1 rings (SSSR count). The van der Waals surface area contributed by atoms with Crippen LogP contribution >= 0.6 is 0 Å². The van der Waals surface area contributed by atoms with Crippen molar-refractivity contribution in [2.75, 3.05) is 13.1 Å². The predicted molar refractivity (Wildman–Crippen MR) is 82.3 cm³/mol. The zero-order chi connectivity index (χ0) is 14.1. The fourth-order valence-electron chi connectivity index (χ4n) is 2.02. The topological polar surface area (TPSA) is 32.3 Å². The van der Waals surface area contributed by atoms with Crippen molar-refractivity contribution in [1.29, 1.82) is 0 Å². The minimum atomic E-state index is -0.399. The molecule has 0 aliphatic heterocycles. The quantitative estimate of drug-likeness (QED) is 0.712. The van der Waals surface area contributed by atoms with Gasteiger partial charge in [0, 0.05) is 6.54 Å². The highest BCUT2D eigenvalue weighted by molar-refractivity contribution is 5.24. The lowest BCUT2D eigenvalue weighted by molar-refractivity contribution is 0.173. The summed E-state index contributed by atoms with van der Waals surface area (Å²) in [5, 5.41) is 13.4. The van der Waals surface area contributed by atoms with Gasteiger partial charge in [0.15, 0.2) is 0 Å². The zero-order valence-corrected chi connectivity index (χ0v) is 12.7. The van der Waals surface area contributed by atoms with Crippen LogP contribution in [-0.4, -0.2) is 18.2 Å². The lowest BCUT2D eigenvalue weighted by Gasteiger charge is -2.15. The summed E-state index contributed by atoms with van der Waals surface area (Å²) < 4.78 is 0. The molecule has 2 unspecified atom stereocenters. The highest BCUT2D eigenvalue weighted by atomic mass is 16.3. The van der Waals surface area contributed by atoms with Crippen LogP contribution in [0.3, 0.4) is 0 Å². The largest absolute Gasteiger partial charge is 0.387 e. The summed E-state index contributed by atoms with van der Waals surface area (Å²) in [7, 11) is 0. The number of rotatable bonds is 9. The second-order valence-corrected chi connectivity index (χ2v) is 5.53. The molecule has 0 aliphatic rings. The molecule has 0 radical (unpaired) electrons. The minimum Gasteiger partial charge on any atom is -0.387 e. The highest BCUT2D eigenvalue weighted by Crippen LogP contribution is 2.14. The fourth-order valence-corrected chi connectivity index (χ4v) is 2.02. The molecule has 108 valence electrons. The van der Waals surface area contributed by atoms with Crippen LogP contribution in [0.25, 0.3) is 0 Å². The number of benzene rings is 1. The van der Waals surface area contributed by atoms with E-state index in [0.717, 1.165) is 18.5 Å². The summed E-state index contributed by atoms with van der Waals surface area (Å²) in [5.41, 5.74) is 2.38. The third-order valence-electron chi connectivity index (χ3n) is 3.71. The Hall–Kier alpha value is -0.860. The van der Waals surface area contributed by atoms with Crippen molar-refractivity contribution < 1.29 is 5.11 Å². The molecule has 1 aromatic rings. The smallest absolute Gasteiger partial charge is 0.0914 e. The Bertz CT molecular complexity index is 334. The Morgan fingerprint density at radius 1 is 1.11 bits per heavy atom. The average Bonchev–Trinajstić information content (AvgIpc) is 2.45. The monoisotopic (exact) mass is 263 g/mol. The van der Waals surface area contributed by atoms with E-state index in [1.807, 2.05) is 0 Å². The maximum atomic E-state index is 10.1. The first-order chi connectivity index (χ1) is 9.17. The number of hydrogen-bond acceptors (Lipinski definition) is 2. The number of unbranched alkanes of at least 4 members (excludes halogenated alkanes) is 1.